The lowest BCUT2D eigenvalue weighted by Crippen LogP contribution is -2.41. The summed E-state index contributed by atoms with van der Waals surface area (Å²) in [6.45, 7) is 3.41. The standard InChI is InChI=1S/C17H27N3O4S/c1-12-10-20(4)17(21)9-13-8-14(18-25(5,22)23)6-7-15(13)24-16(12)11-19(2)3/h6-8,12,16,18H,9-11H2,1-5H3/t12-,16+/m1/s1. The van der Waals surface area contributed by atoms with Crippen LogP contribution in [0.15, 0.2) is 18.2 Å². The highest BCUT2D eigenvalue weighted by atomic mass is 32.2. The second kappa shape index (κ2) is 7.61. The number of sulfonamides is 1. The van der Waals surface area contributed by atoms with Gasteiger partial charge in [-0.15, -0.1) is 0 Å². The molecule has 0 fully saturated rings. The molecule has 25 heavy (non-hydrogen) atoms. The summed E-state index contributed by atoms with van der Waals surface area (Å²) >= 11 is 0. The van der Waals surface area contributed by atoms with Gasteiger partial charge in [-0.2, -0.15) is 0 Å². The van der Waals surface area contributed by atoms with Gasteiger partial charge in [0.05, 0.1) is 12.7 Å². The Hall–Kier alpha value is -1.80. The predicted octanol–water partition coefficient (Wildman–Crippen LogP) is 1.02. The van der Waals surface area contributed by atoms with E-state index in [2.05, 4.69) is 16.5 Å². The summed E-state index contributed by atoms with van der Waals surface area (Å²) in [6.07, 6.45) is 1.20. The van der Waals surface area contributed by atoms with Crippen molar-refractivity contribution in [3.63, 3.8) is 0 Å². The first kappa shape index (κ1) is 19.5. The molecule has 2 atom stereocenters. The van der Waals surface area contributed by atoms with E-state index in [4.69, 9.17) is 4.74 Å². The van der Waals surface area contributed by atoms with E-state index in [1.807, 2.05) is 14.1 Å². The van der Waals surface area contributed by atoms with Crippen LogP contribution in [0.2, 0.25) is 0 Å². The van der Waals surface area contributed by atoms with Gasteiger partial charge in [-0.1, -0.05) is 6.92 Å². The number of hydrogen-bond acceptors (Lipinski definition) is 5. The molecular formula is C17H27N3O4S. The molecule has 0 unspecified atom stereocenters. The van der Waals surface area contributed by atoms with Crippen LogP contribution in [0, 0.1) is 5.92 Å². The van der Waals surface area contributed by atoms with Crippen molar-refractivity contribution in [2.24, 2.45) is 5.92 Å². The number of likely N-dealkylation sites (N-methyl/N-ethyl adjacent to an activating group) is 2. The Kier molecular flexibility index (Phi) is 5.95. The zero-order valence-electron chi connectivity index (χ0n) is 15.4. The Balaban J connectivity index is 2.40. The van der Waals surface area contributed by atoms with E-state index in [0.717, 1.165) is 12.8 Å². The average molecular weight is 369 g/mol. The van der Waals surface area contributed by atoms with Crippen LogP contribution >= 0.6 is 0 Å². The summed E-state index contributed by atoms with van der Waals surface area (Å²) in [5.41, 5.74) is 1.11. The number of rotatable bonds is 4. The molecule has 2 rings (SSSR count). The fourth-order valence-corrected chi connectivity index (χ4v) is 3.47. The summed E-state index contributed by atoms with van der Waals surface area (Å²) in [4.78, 5) is 16.2. The molecular weight excluding hydrogens is 342 g/mol. The van der Waals surface area contributed by atoms with E-state index >= 15 is 0 Å². The minimum absolute atomic E-state index is 0.0151. The van der Waals surface area contributed by atoms with Crippen LogP contribution in [-0.2, 0) is 21.2 Å². The molecule has 1 aromatic rings. The van der Waals surface area contributed by atoms with Crippen LogP contribution in [-0.4, -0.2) is 70.7 Å². The van der Waals surface area contributed by atoms with Crippen molar-refractivity contribution in [2.45, 2.75) is 19.4 Å². The van der Waals surface area contributed by atoms with E-state index in [-0.39, 0.29) is 24.3 Å². The summed E-state index contributed by atoms with van der Waals surface area (Å²) in [5.74, 6) is 0.774. The van der Waals surface area contributed by atoms with Crippen LogP contribution in [0.1, 0.15) is 12.5 Å². The quantitative estimate of drug-likeness (QED) is 0.857. The third kappa shape index (κ3) is 5.61. The van der Waals surface area contributed by atoms with Gasteiger partial charge in [0.1, 0.15) is 11.9 Å². The van der Waals surface area contributed by atoms with Gasteiger partial charge >= 0.3 is 0 Å². The van der Waals surface area contributed by atoms with Gasteiger partial charge < -0.3 is 14.5 Å². The van der Waals surface area contributed by atoms with Crippen molar-refractivity contribution >= 4 is 21.6 Å². The Bertz CT molecular complexity index is 733. The van der Waals surface area contributed by atoms with Crippen molar-refractivity contribution in [2.75, 3.05) is 45.2 Å². The molecule has 1 aliphatic heterocycles. The van der Waals surface area contributed by atoms with Gasteiger partial charge in [0, 0.05) is 37.3 Å². The molecule has 0 spiro atoms. The topological polar surface area (TPSA) is 79.0 Å². The van der Waals surface area contributed by atoms with Crippen LogP contribution in [0.5, 0.6) is 5.75 Å². The van der Waals surface area contributed by atoms with Gasteiger partial charge in [0.15, 0.2) is 0 Å². The van der Waals surface area contributed by atoms with E-state index in [1.165, 1.54) is 0 Å². The number of ether oxygens (including phenoxy) is 1. The van der Waals surface area contributed by atoms with Gasteiger partial charge in [-0.3, -0.25) is 9.52 Å². The van der Waals surface area contributed by atoms with E-state index in [1.54, 1.807) is 30.1 Å². The maximum absolute atomic E-state index is 12.5. The van der Waals surface area contributed by atoms with Crippen molar-refractivity contribution in [3.8, 4) is 5.75 Å². The van der Waals surface area contributed by atoms with Crippen LogP contribution < -0.4 is 9.46 Å². The number of fused-ring (bicyclic) bond motifs is 1. The van der Waals surface area contributed by atoms with E-state index < -0.39 is 10.0 Å². The maximum Gasteiger partial charge on any atom is 0.229 e. The molecule has 1 aromatic carbocycles. The first-order valence-corrected chi connectivity index (χ1v) is 10.1. The normalized spacial score (nSPS) is 21.8. The van der Waals surface area contributed by atoms with Crippen LogP contribution in [0.25, 0.3) is 0 Å². The van der Waals surface area contributed by atoms with E-state index in [0.29, 0.717) is 23.5 Å². The number of benzene rings is 1. The van der Waals surface area contributed by atoms with Crippen molar-refractivity contribution in [1.82, 2.24) is 9.80 Å². The minimum Gasteiger partial charge on any atom is -0.488 e. The molecule has 1 N–H and O–H groups in total. The number of hydrogen-bond donors (Lipinski definition) is 1. The summed E-state index contributed by atoms with van der Waals surface area (Å²) in [6, 6.07) is 5.06. The molecule has 8 heteroatoms. The summed E-state index contributed by atoms with van der Waals surface area (Å²) in [7, 11) is 2.37. The molecule has 0 bridgehead atoms. The Morgan fingerprint density at radius 3 is 2.64 bits per heavy atom. The first-order chi connectivity index (χ1) is 11.5. The van der Waals surface area contributed by atoms with Gasteiger partial charge in [-0.05, 0) is 32.3 Å². The lowest BCUT2D eigenvalue weighted by Gasteiger charge is -2.29. The smallest absolute Gasteiger partial charge is 0.229 e. The number of carbonyl (C=O) groups excluding carboxylic acids is 1. The minimum atomic E-state index is -3.38. The Labute approximate surface area is 150 Å². The molecule has 1 heterocycles. The second-order valence-electron chi connectivity index (χ2n) is 7.04. The fraction of sp³-hybridized carbons (Fsp3) is 0.588. The molecule has 0 saturated carbocycles. The third-order valence-electron chi connectivity index (χ3n) is 4.15. The third-order valence-corrected chi connectivity index (χ3v) is 4.76. The summed E-state index contributed by atoms with van der Waals surface area (Å²) in [5, 5.41) is 0. The van der Waals surface area contributed by atoms with Crippen LogP contribution in [0.3, 0.4) is 0 Å². The molecule has 7 nitrogen and oxygen atoms in total. The number of nitrogens with one attached hydrogen (secondary N) is 1. The molecule has 1 aliphatic rings. The highest BCUT2D eigenvalue weighted by Gasteiger charge is 2.27. The monoisotopic (exact) mass is 369 g/mol. The zero-order chi connectivity index (χ0) is 18.8. The number of anilines is 1. The highest BCUT2D eigenvalue weighted by molar-refractivity contribution is 7.92. The van der Waals surface area contributed by atoms with Gasteiger partial charge in [-0.25, -0.2) is 8.42 Å². The van der Waals surface area contributed by atoms with E-state index in [9.17, 15) is 13.2 Å². The SMILES string of the molecule is C[C@@H]1CN(C)C(=O)Cc2cc(NS(C)(=O)=O)ccc2O[C@H]1CN(C)C. The van der Waals surface area contributed by atoms with Crippen molar-refractivity contribution < 1.29 is 17.9 Å². The Morgan fingerprint density at radius 2 is 2.04 bits per heavy atom. The molecule has 140 valence electrons. The largest absolute Gasteiger partial charge is 0.488 e. The van der Waals surface area contributed by atoms with Crippen molar-refractivity contribution in [3.05, 3.63) is 23.8 Å². The number of nitrogens with zero attached hydrogens (tertiary/aromatic N) is 2. The van der Waals surface area contributed by atoms with Crippen molar-refractivity contribution in [1.29, 1.82) is 0 Å². The van der Waals surface area contributed by atoms with Gasteiger partial charge in [0.25, 0.3) is 0 Å². The lowest BCUT2D eigenvalue weighted by molar-refractivity contribution is -0.129. The second-order valence-corrected chi connectivity index (χ2v) is 8.79. The fourth-order valence-electron chi connectivity index (χ4n) is 2.92. The molecule has 0 saturated heterocycles. The van der Waals surface area contributed by atoms with Crippen LogP contribution in [0.4, 0.5) is 5.69 Å². The molecule has 0 aliphatic carbocycles. The lowest BCUT2D eigenvalue weighted by atomic mass is 10.0. The average Bonchev–Trinajstić information content (AvgIpc) is 2.49. The molecule has 1 amide bonds. The molecule has 0 radical (unpaired) electrons. The molecule has 0 aromatic heterocycles. The number of amides is 1. The Morgan fingerprint density at radius 1 is 1.36 bits per heavy atom. The predicted molar refractivity (Wildman–Crippen MR) is 98.4 cm³/mol. The highest BCUT2D eigenvalue weighted by Crippen LogP contribution is 2.28. The first-order valence-electron chi connectivity index (χ1n) is 8.21. The zero-order valence-corrected chi connectivity index (χ0v) is 16.3. The number of carbonyl (C=O) groups is 1. The summed E-state index contributed by atoms with van der Waals surface area (Å²) < 4.78 is 31.6. The van der Waals surface area contributed by atoms with Gasteiger partial charge in [0.2, 0.25) is 15.9 Å². The maximum atomic E-state index is 12.5.